The molecule has 0 aliphatic heterocycles. The molecule has 3 N–H and O–H groups in total. The summed E-state index contributed by atoms with van der Waals surface area (Å²) >= 11 is 0. The molecule has 1 aromatic carbocycles. The molecule has 0 spiro atoms. The van der Waals surface area contributed by atoms with Crippen molar-refractivity contribution in [1.29, 1.82) is 0 Å². The molecule has 7 heteroatoms. The van der Waals surface area contributed by atoms with Gasteiger partial charge >= 0.3 is 12.1 Å². The highest BCUT2D eigenvalue weighted by Crippen LogP contribution is 2.34. The van der Waals surface area contributed by atoms with Crippen LogP contribution in [0.1, 0.15) is 50.8 Å². The first-order valence-electron chi connectivity index (χ1n) is 8.07. The second-order valence-corrected chi connectivity index (χ2v) is 7.70. The summed E-state index contributed by atoms with van der Waals surface area (Å²) in [7, 11) is 0. The van der Waals surface area contributed by atoms with Crippen LogP contribution in [0.5, 0.6) is 0 Å². The van der Waals surface area contributed by atoms with Gasteiger partial charge < -0.3 is 10.2 Å². The van der Waals surface area contributed by atoms with E-state index in [1.807, 2.05) is 20.8 Å². The molecular weight excluding hydrogens is 335 g/mol. The number of hydrogen-bond donors (Lipinski definition) is 3. The van der Waals surface area contributed by atoms with Crippen LogP contribution in [0.25, 0.3) is 0 Å². The zero-order valence-corrected chi connectivity index (χ0v) is 15.0. The molecule has 1 aromatic rings. The molecule has 0 fully saturated rings. The molecule has 0 heterocycles. The summed E-state index contributed by atoms with van der Waals surface area (Å²) in [5, 5.41) is 21.0. The van der Waals surface area contributed by atoms with Gasteiger partial charge in [-0.25, -0.2) is 0 Å². The largest absolute Gasteiger partial charge is 0.480 e. The van der Waals surface area contributed by atoms with Crippen molar-refractivity contribution in [3.63, 3.8) is 0 Å². The van der Waals surface area contributed by atoms with Crippen LogP contribution >= 0.6 is 0 Å². The molecule has 0 aromatic heterocycles. The molecular formula is C18H26F3NO3. The molecule has 0 radical (unpaired) electrons. The first-order chi connectivity index (χ1) is 11.3. The Balaban J connectivity index is 3.05. The van der Waals surface area contributed by atoms with E-state index in [9.17, 15) is 23.1 Å². The van der Waals surface area contributed by atoms with Gasteiger partial charge in [-0.1, -0.05) is 32.9 Å². The molecule has 0 saturated carbocycles. The molecule has 1 rings (SSSR count). The third-order valence-electron chi connectivity index (χ3n) is 4.09. The topological polar surface area (TPSA) is 69.6 Å². The third kappa shape index (κ3) is 6.32. The number of carbonyl (C=O) groups is 1. The summed E-state index contributed by atoms with van der Waals surface area (Å²) in [6, 6.07) is 3.82. The fraction of sp³-hybridized carbons (Fsp3) is 0.611. The van der Waals surface area contributed by atoms with Gasteiger partial charge in [-0.05, 0) is 42.4 Å². The smallest absolute Gasteiger partial charge is 0.416 e. The van der Waals surface area contributed by atoms with Gasteiger partial charge in [0.2, 0.25) is 0 Å². The Morgan fingerprint density at radius 2 is 1.76 bits per heavy atom. The highest BCUT2D eigenvalue weighted by Gasteiger charge is 2.34. The summed E-state index contributed by atoms with van der Waals surface area (Å²) in [6.07, 6.45) is -3.56. The number of halogens is 3. The normalized spacial score (nSPS) is 15.0. The fourth-order valence-corrected chi connectivity index (χ4v) is 2.25. The Morgan fingerprint density at radius 1 is 1.16 bits per heavy atom. The molecule has 1 unspecified atom stereocenters. The number of alkyl halides is 3. The van der Waals surface area contributed by atoms with Crippen LogP contribution in [0, 0.1) is 5.41 Å². The number of benzene rings is 1. The predicted molar refractivity (Wildman–Crippen MR) is 89.2 cm³/mol. The van der Waals surface area contributed by atoms with E-state index in [1.54, 1.807) is 0 Å². The lowest BCUT2D eigenvalue weighted by Crippen LogP contribution is -2.52. The summed E-state index contributed by atoms with van der Waals surface area (Å²) < 4.78 is 39.6. The zero-order valence-electron chi connectivity index (χ0n) is 15.0. The maximum Gasteiger partial charge on any atom is 0.416 e. The Kier molecular flexibility index (Phi) is 6.64. The number of carboxylic acids is 1. The van der Waals surface area contributed by atoms with Gasteiger partial charge in [-0.15, -0.1) is 0 Å². The van der Waals surface area contributed by atoms with Crippen LogP contribution in [0.2, 0.25) is 0 Å². The van der Waals surface area contributed by atoms with E-state index < -0.39 is 29.9 Å². The van der Waals surface area contributed by atoms with Crippen molar-refractivity contribution in [3.8, 4) is 0 Å². The monoisotopic (exact) mass is 361 g/mol. The number of carboxylic acid groups (broad SMARTS) is 1. The standard InChI is InChI=1S/C18H26F3NO3/c1-16(2,3)8-7-13-9-12(5-6-14(13)18(19,20)21)10-22-17(4,11-23)15(24)25/h5-6,9,22-23H,7-8,10-11H2,1-4H3,(H,24,25). The lowest BCUT2D eigenvalue weighted by molar-refractivity contribution is -0.146. The van der Waals surface area contributed by atoms with Crippen molar-refractivity contribution in [2.45, 2.75) is 58.8 Å². The van der Waals surface area contributed by atoms with E-state index in [0.717, 1.165) is 6.07 Å². The van der Waals surface area contributed by atoms with Gasteiger partial charge in [0, 0.05) is 6.54 Å². The Morgan fingerprint density at radius 3 is 2.20 bits per heavy atom. The lowest BCUT2D eigenvalue weighted by atomic mass is 9.87. The number of aryl methyl sites for hydroxylation is 1. The average Bonchev–Trinajstić information content (AvgIpc) is 2.48. The SMILES string of the molecule is CC(C)(C)CCc1cc(CNC(C)(CO)C(=O)O)ccc1C(F)(F)F. The van der Waals surface area contributed by atoms with Crippen LogP contribution in [0.4, 0.5) is 13.2 Å². The highest BCUT2D eigenvalue weighted by molar-refractivity contribution is 5.78. The van der Waals surface area contributed by atoms with Crippen LogP contribution in [-0.4, -0.2) is 28.3 Å². The van der Waals surface area contributed by atoms with Gasteiger partial charge in [0.05, 0.1) is 12.2 Å². The number of nitrogens with one attached hydrogen (secondary N) is 1. The van der Waals surface area contributed by atoms with Gasteiger partial charge in [0.1, 0.15) is 5.54 Å². The first-order valence-corrected chi connectivity index (χ1v) is 8.07. The van der Waals surface area contributed by atoms with Gasteiger partial charge in [0.15, 0.2) is 0 Å². The fourth-order valence-electron chi connectivity index (χ4n) is 2.25. The van der Waals surface area contributed by atoms with E-state index in [0.29, 0.717) is 12.0 Å². The van der Waals surface area contributed by atoms with E-state index in [-0.39, 0.29) is 23.9 Å². The summed E-state index contributed by atoms with van der Waals surface area (Å²) in [5.41, 5.74) is -1.58. The van der Waals surface area contributed by atoms with E-state index in [2.05, 4.69) is 5.32 Å². The lowest BCUT2D eigenvalue weighted by Gasteiger charge is -2.24. The van der Waals surface area contributed by atoms with Crippen LogP contribution < -0.4 is 5.32 Å². The molecule has 1 atom stereocenters. The second kappa shape index (κ2) is 7.74. The first kappa shape index (κ1) is 21.4. The van der Waals surface area contributed by atoms with E-state index in [1.165, 1.54) is 19.1 Å². The molecule has 0 bridgehead atoms. The molecule has 0 saturated heterocycles. The van der Waals surface area contributed by atoms with Crippen LogP contribution in [0.15, 0.2) is 18.2 Å². The van der Waals surface area contributed by atoms with Crippen molar-refractivity contribution in [3.05, 3.63) is 34.9 Å². The summed E-state index contributed by atoms with van der Waals surface area (Å²) in [5.74, 6) is -1.23. The minimum Gasteiger partial charge on any atom is -0.480 e. The summed E-state index contributed by atoms with van der Waals surface area (Å²) in [6.45, 7) is 6.63. The van der Waals surface area contributed by atoms with Crippen LogP contribution in [-0.2, 0) is 23.9 Å². The predicted octanol–water partition coefficient (Wildman–Crippen LogP) is 3.61. The number of aliphatic hydroxyl groups is 1. The number of aliphatic carboxylic acids is 1. The van der Waals surface area contributed by atoms with Crippen molar-refractivity contribution in [2.75, 3.05) is 6.61 Å². The number of hydrogen-bond acceptors (Lipinski definition) is 3. The quantitative estimate of drug-likeness (QED) is 0.694. The van der Waals surface area contributed by atoms with Gasteiger partial charge in [-0.2, -0.15) is 13.2 Å². The minimum atomic E-state index is -4.43. The Bertz CT molecular complexity index is 609. The Hall–Kier alpha value is -1.60. The number of rotatable bonds is 7. The van der Waals surface area contributed by atoms with Crippen molar-refractivity contribution in [1.82, 2.24) is 5.32 Å². The highest BCUT2D eigenvalue weighted by atomic mass is 19.4. The molecule has 142 valence electrons. The second-order valence-electron chi connectivity index (χ2n) is 7.70. The summed E-state index contributed by atoms with van der Waals surface area (Å²) in [4.78, 5) is 11.2. The molecule has 25 heavy (non-hydrogen) atoms. The minimum absolute atomic E-state index is 0.0456. The van der Waals surface area contributed by atoms with Gasteiger partial charge in [0.25, 0.3) is 0 Å². The molecule has 0 aliphatic carbocycles. The maximum absolute atomic E-state index is 13.2. The number of aliphatic hydroxyl groups excluding tert-OH is 1. The van der Waals surface area contributed by atoms with Crippen LogP contribution in [0.3, 0.4) is 0 Å². The zero-order chi connectivity index (χ0) is 19.5. The molecule has 0 aliphatic rings. The third-order valence-corrected chi connectivity index (χ3v) is 4.09. The van der Waals surface area contributed by atoms with E-state index in [4.69, 9.17) is 5.11 Å². The molecule has 0 amide bonds. The van der Waals surface area contributed by atoms with Crippen molar-refractivity contribution in [2.24, 2.45) is 5.41 Å². The van der Waals surface area contributed by atoms with Crippen molar-refractivity contribution >= 4 is 5.97 Å². The maximum atomic E-state index is 13.2. The van der Waals surface area contributed by atoms with Gasteiger partial charge in [-0.3, -0.25) is 10.1 Å². The Labute approximate surface area is 146 Å². The molecule has 4 nitrogen and oxygen atoms in total. The van der Waals surface area contributed by atoms with Crippen molar-refractivity contribution < 1.29 is 28.2 Å². The van der Waals surface area contributed by atoms with E-state index >= 15 is 0 Å². The average molecular weight is 361 g/mol.